The molecule has 0 aliphatic carbocycles. The first-order valence-corrected chi connectivity index (χ1v) is 5.07. The number of H-pyrrole nitrogens is 1. The zero-order chi connectivity index (χ0) is 12.4. The van der Waals surface area contributed by atoms with Gasteiger partial charge in [-0.3, -0.25) is 9.78 Å². The number of hydrogen-bond acceptors (Lipinski definition) is 5. The quantitative estimate of drug-likeness (QED) is 0.663. The van der Waals surface area contributed by atoms with Gasteiger partial charge in [0.15, 0.2) is 11.2 Å². The van der Waals surface area contributed by atoms with Gasteiger partial charge in [0, 0.05) is 6.54 Å². The van der Waals surface area contributed by atoms with E-state index in [2.05, 4.69) is 15.0 Å². The van der Waals surface area contributed by atoms with E-state index in [1.165, 1.54) is 10.9 Å². The number of aromatic nitrogens is 4. The molecule has 0 aromatic carbocycles. The van der Waals surface area contributed by atoms with Gasteiger partial charge < -0.3 is 15.4 Å². The summed E-state index contributed by atoms with van der Waals surface area (Å²) in [5.41, 5.74) is 5.47. The van der Waals surface area contributed by atoms with Gasteiger partial charge in [-0.2, -0.15) is 4.98 Å². The summed E-state index contributed by atoms with van der Waals surface area (Å²) in [6.45, 7) is -0.253. The average Bonchev–Trinajstić information content (AvgIpc) is 2.69. The highest BCUT2D eigenvalue weighted by molar-refractivity contribution is 5.70. The smallest absolute Gasteiger partial charge is 0.280 e. The van der Waals surface area contributed by atoms with Crippen molar-refractivity contribution in [3.05, 3.63) is 16.7 Å². The minimum Gasteiger partial charge on any atom is -0.393 e. The number of nitrogens with zero attached hydrogens (tertiary/aromatic N) is 3. The Morgan fingerprint density at radius 3 is 3.12 bits per heavy atom. The second kappa shape index (κ2) is 4.50. The van der Waals surface area contributed by atoms with Crippen LogP contribution in [0.5, 0.6) is 0 Å². The van der Waals surface area contributed by atoms with E-state index in [4.69, 9.17) is 10.8 Å². The second-order valence-electron chi connectivity index (χ2n) is 3.63. The van der Waals surface area contributed by atoms with E-state index < -0.39 is 18.3 Å². The van der Waals surface area contributed by atoms with Crippen LogP contribution in [0.3, 0.4) is 0 Å². The molecule has 0 spiro atoms. The van der Waals surface area contributed by atoms with Gasteiger partial charge in [-0.1, -0.05) is 0 Å². The van der Waals surface area contributed by atoms with Crippen LogP contribution >= 0.6 is 0 Å². The van der Waals surface area contributed by atoms with Gasteiger partial charge in [-0.15, -0.1) is 0 Å². The predicted octanol–water partition coefficient (Wildman–Crippen LogP) is -0.578. The maximum absolute atomic E-state index is 12.9. The third-order valence-corrected chi connectivity index (χ3v) is 2.37. The average molecular weight is 241 g/mol. The van der Waals surface area contributed by atoms with E-state index >= 15 is 0 Å². The lowest BCUT2D eigenvalue weighted by molar-refractivity contribution is 0.166. The lowest BCUT2D eigenvalue weighted by Gasteiger charge is -2.05. The van der Waals surface area contributed by atoms with Gasteiger partial charge in [-0.25, -0.2) is 9.37 Å². The molecule has 0 unspecified atom stereocenters. The second-order valence-corrected chi connectivity index (χ2v) is 3.63. The summed E-state index contributed by atoms with van der Waals surface area (Å²) < 4.78 is 14.4. The van der Waals surface area contributed by atoms with E-state index in [0.29, 0.717) is 5.65 Å². The molecule has 7 nitrogen and oxygen atoms in total. The molecule has 0 amide bonds. The maximum atomic E-state index is 12.9. The molecule has 0 radical (unpaired) electrons. The molecule has 2 aromatic heterocycles. The summed E-state index contributed by atoms with van der Waals surface area (Å²) in [5.74, 6) is -0.0109. The third-order valence-electron chi connectivity index (χ3n) is 2.37. The number of imidazole rings is 1. The van der Waals surface area contributed by atoms with Crippen molar-refractivity contribution < 1.29 is 9.50 Å². The Morgan fingerprint density at radius 2 is 2.41 bits per heavy atom. The highest BCUT2D eigenvalue weighted by Gasteiger charge is 2.11. The standard InChI is InChI=1S/C9H12FN5O2/c10-5(3-16)1-2-15-4-12-6-7(15)13-9(11)14-8(6)17/h4-5,16H,1-3H2,(H3,11,13,14,17)/t5-/m1/s1. The van der Waals surface area contributed by atoms with Gasteiger partial charge in [-0.05, 0) is 6.42 Å². The number of aryl methyl sites for hydroxylation is 1. The highest BCUT2D eigenvalue weighted by atomic mass is 19.1. The van der Waals surface area contributed by atoms with Gasteiger partial charge in [0.1, 0.15) is 6.17 Å². The van der Waals surface area contributed by atoms with E-state index in [1.54, 1.807) is 0 Å². The van der Waals surface area contributed by atoms with Crippen LogP contribution in [0.1, 0.15) is 6.42 Å². The fourth-order valence-corrected chi connectivity index (χ4v) is 1.50. The number of nitrogens with two attached hydrogens (primary N) is 1. The first kappa shape index (κ1) is 11.5. The molecular formula is C9H12FN5O2. The number of nitrogens with one attached hydrogen (secondary N) is 1. The Bertz CT molecular complexity index is 578. The van der Waals surface area contributed by atoms with Crippen molar-refractivity contribution in [1.29, 1.82) is 0 Å². The number of nitrogen functional groups attached to an aromatic ring is 1. The topological polar surface area (TPSA) is 110 Å². The molecule has 0 aliphatic heterocycles. The van der Waals surface area contributed by atoms with E-state index in [-0.39, 0.29) is 24.4 Å². The number of rotatable bonds is 4. The number of hydrogen-bond donors (Lipinski definition) is 3. The van der Waals surface area contributed by atoms with Crippen LogP contribution in [0.4, 0.5) is 10.3 Å². The number of anilines is 1. The molecule has 0 fully saturated rings. The molecule has 17 heavy (non-hydrogen) atoms. The summed E-state index contributed by atoms with van der Waals surface area (Å²) >= 11 is 0. The summed E-state index contributed by atoms with van der Waals surface area (Å²) in [6, 6.07) is 0. The fraction of sp³-hybridized carbons (Fsp3) is 0.444. The van der Waals surface area contributed by atoms with Crippen molar-refractivity contribution in [2.45, 2.75) is 19.1 Å². The van der Waals surface area contributed by atoms with Crippen molar-refractivity contribution in [3.8, 4) is 0 Å². The van der Waals surface area contributed by atoms with E-state index in [1.807, 2.05) is 0 Å². The van der Waals surface area contributed by atoms with E-state index in [9.17, 15) is 9.18 Å². The van der Waals surface area contributed by atoms with Gasteiger partial charge in [0.2, 0.25) is 5.95 Å². The van der Waals surface area contributed by atoms with Crippen LogP contribution in [0.25, 0.3) is 11.2 Å². The molecule has 0 saturated carbocycles. The van der Waals surface area contributed by atoms with Crippen LogP contribution in [0.2, 0.25) is 0 Å². The van der Waals surface area contributed by atoms with Crippen molar-refractivity contribution in [2.75, 3.05) is 12.3 Å². The molecule has 4 N–H and O–H groups in total. The van der Waals surface area contributed by atoms with Crippen molar-refractivity contribution in [3.63, 3.8) is 0 Å². The summed E-state index contributed by atoms with van der Waals surface area (Å²) in [6.07, 6.45) is 0.221. The minimum absolute atomic E-state index is 0.0109. The predicted molar refractivity (Wildman–Crippen MR) is 59.2 cm³/mol. The SMILES string of the molecule is Nc1nc2c(ncn2CC[C@@H](F)CO)c(=O)[nH]1. The highest BCUT2D eigenvalue weighted by Crippen LogP contribution is 2.08. The summed E-state index contributed by atoms with van der Waals surface area (Å²) in [5, 5.41) is 8.57. The Morgan fingerprint density at radius 1 is 1.65 bits per heavy atom. The molecule has 92 valence electrons. The minimum atomic E-state index is -1.30. The monoisotopic (exact) mass is 241 g/mol. The van der Waals surface area contributed by atoms with Crippen LogP contribution in [-0.2, 0) is 6.54 Å². The van der Waals surface area contributed by atoms with Crippen LogP contribution in [0.15, 0.2) is 11.1 Å². The van der Waals surface area contributed by atoms with Crippen LogP contribution in [0, 0.1) is 0 Å². The van der Waals surface area contributed by atoms with Crippen molar-refractivity contribution in [2.24, 2.45) is 0 Å². The number of aromatic amines is 1. The van der Waals surface area contributed by atoms with Gasteiger partial charge in [0.25, 0.3) is 5.56 Å². The molecular weight excluding hydrogens is 229 g/mol. The molecule has 2 aromatic rings. The Balaban J connectivity index is 2.33. The van der Waals surface area contributed by atoms with Crippen LogP contribution in [-0.4, -0.2) is 37.4 Å². The number of alkyl halides is 1. The lowest BCUT2D eigenvalue weighted by Crippen LogP contribution is -2.14. The molecule has 2 rings (SSSR count). The Kier molecular flexibility index (Phi) is 3.05. The first-order chi connectivity index (χ1) is 8.11. The lowest BCUT2D eigenvalue weighted by atomic mass is 10.3. The number of aliphatic hydroxyl groups excluding tert-OH is 1. The van der Waals surface area contributed by atoms with E-state index in [0.717, 1.165) is 0 Å². The zero-order valence-corrected chi connectivity index (χ0v) is 8.93. The number of aliphatic hydroxyl groups is 1. The van der Waals surface area contributed by atoms with Crippen molar-refractivity contribution in [1.82, 2.24) is 19.5 Å². The van der Waals surface area contributed by atoms with Gasteiger partial charge >= 0.3 is 0 Å². The number of fused-ring (bicyclic) bond motifs is 1. The molecule has 8 heteroatoms. The molecule has 0 bridgehead atoms. The maximum Gasteiger partial charge on any atom is 0.280 e. The Hall–Kier alpha value is -1.96. The normalized spacial score (nSPS) is 13.1. The van der Waals surface area contributed by atoms with Crippen LogP contribution < -0.4 is 11.3 Å². The molecule has 1 atom stereocenters. The largest absolute Gasteiger partial charge is 0.393 e. The fourth-order valence-electron chi connectivity index (χ4n) is 1.50. The van der Waals surface area contributed by atoms with Crippen molar-refractivity contribution >= 4 is 17.1 Å². The zero-order valence-electron chi connectivity index (χ0n) is 8.93. The molecule has 2 heterocycles. The molecule has 0 aliphatic rings. The number of halogens is 1. The molecule has 0 saturated heterocycles. The first-order valence-electron chi connectivity index (χ1n) is 5.07. The third kappa shape index (κ3) is 2.26. The Labute approximate surface area is 95.1 Å². The van der Waals surface area contributed by atoms with Gasteiger partial charge in [0.05, 0.1) is 12.9 Å². The summed E-state index contributed by atoms with van der Waals surface area (Å²) in [4.78, 5) is 21.6. The summed E-state index contributed by atoms with van der Waals surface area (Å²) in [7, 11) is 0.